The molecule has 1 fully saturated rings. The summed E-state index contributed by atoms with van der Waals surface area (Å²) in [5.41, 5.74) is 0.887. The van der Waals surface area contributed by atoms with E-state index in [0.717, 1.165) is 11.3 Å². The fraction of sp³-hybridized carbons (Fsp3) is 0.500. The van der Waals surface area contributed by atoms with Crippen molar-refractivity contribution >= 4 is 16.0 Å². The lowest BCUT2D eigenvalue weighted by molar-refractivity contribution is -0.141. The van der Waals surface area contributed by atoms with Crippen molar-refractivity contribution in [3.8, 4) is 5.75 Å². The number of hydrogen-bond donors (Lipinski definition) is 1. The highest BCUT2D eigenvalue weighted by Gasteiger charge is 2.36. The van der Waals surface area contributed by atoms with Gasteiger partial charge in [-0.15, -0.1) is 0 Å². The van der Waals surface area contributed by atoms with Gasteiger partial charge in [-0.2, -0.15) is 4.31 Å². The second-order valence-corrected chi connectivity index (χ2v) is 7.53. The first-order valence-corrected chi connectivity index (χ1v) is 8.34. The normalized spacial score (nSPS) is 25.6. The van der Waals surface area contributed by atoms with Gasteiger partial charge in [-0.1, -0.05) is 0 Å². The first kappa shape index (κ1) is 14.3. The van der Waals surface area contributed by atoms with Crippen LogP contribution in [0, 0.1) is 5.92 Å². The fourth-order valence-electron chi connectivity index (χ4n) is 2.86. The molecular formula is C14H17NO5S. The Morgan fingerprint density at radius 1 is 1.43 bits per heavy atom. The smallest absolute Gasteiger partial charge is 0.307 e. The molecule has 7 heteroatoms. The highest BCUT2D eigenvalue weighted by molar-refractivity contribution is 7.89. The van der Waals surface area contributed by atoms with Crippen LogP contribution < -0.4 is 4.74 Å². The molecule has 0 radical (unpaired) electrons. The largest absolute Gasteiger partial charge is 0.490 e. The molecule has 6 nitrogen and oxygen atoms in total. The lowest BCUT2D eigenvalue weighted by atomic mass is 10.1. The third-order valence-corrected chi connectivity index (χ3v) is 5.87. The SMILES string of the molecule is CC1Cc2cc(S(=O)(=O)N3CCC(C(=O)O)C3)ccc2O1. The summed E-state index contributed by atoms with van der Waals surface area (Å²) in [6.45, 7) is 2.23. The Morgan fingerprint density at radius 2 is 2.19 bits per heavy atom. The lowest BCUT2D eigenvalue weighted by Gasteiger charge is -2.16. The molecule has 1 N–H and O–H groups in total. The standard InChI is InChI=1S/C14H17NO5S/c1-9-6-11-7-12(2-3-13(11)20-9)21(18,19)15-5-4-10(8-15)14(16)17/h2-3,7,9-10H,4-6,8H2,1H3,(H,16,17). The summed E-state index contributed by atoms with van der Waals surface area (Å²) < 4.78 is 32.0. The van der Waals surface area contributed by atoms with Gasteiger partial charge in [-0.3, -0.25) is 4.79 Å². The average Bonchev–Trinajstić information content (AvgIpc) is 3.03. The van der Waals surface area contributed by atoms with Crippen LogP contribution >= 0.6 is 0 Å². The average molecular weight is 311 g/mol. The van der Waals surface area contributed by atoms with Crippen molar-refractivity contribution < 1.29 is 23.1 Å². The zero-order valence-corrected chi connectivity index (χ0v) is 12.5. The minimum Gasteiger partial charge on any atom is -0.490 e. The molecule has 114 valence electrons. The number of carboxylic acid groups (broad SMARTS) is 1. The highest BCUT2D eigenvalue weighted by Crippen LogP contribution is 2.32. The molecule has 2 aliphatic rings. The van der Waals surface area contributed by atoms with Gasteiger partial charge in [-0.25, -0.2) is 8.42 Å². The lowest BCUT2D eigenvalue weighted by Crippen LogP contribution is -2.30. The first-order valence-electron chi connectivity index (χ1n) is 6.90. The van der Waals surface area contributed by atoms with Crippen molar-refractivity contribution in [3.05, 3.63) is 23.8 Å². The molecule has 2 unspecified atom stereocenters. The van der Waals surface area contributed by atoms with E-state index in [9.17, 15) is 13.2 Å². The molecule has 0 saturated carbocycles. The van der Waals surface area contributed by atoms with Crippen LogP contribution in [0.5, 0.6) is 5.75 Å². The summed E-state index contributed by atoms with van der Waals surface area (Å²) in [4.78, 5) is 11.2. The Balaban J connectivity index is 1.87. The molecule has 0 aliphatic carbocycles. The topological polar surface area (TPSA) is 83.9 Å². The van der Waals surface area contributed by atoms with Crippen LogP contribution in [0.2, 0.25) is 0 Å². The predicted molar refractivity (Wildman–Crippen MR) is 74.7 cm³/mol. The van der Waals surface area contributed by atoms with Gasteiger partial charge in [0.15, 0.2) is 0 Å². The van der Waals surface area contributed by atoms with Crippen molar-refractivity contribution in [2.24, 2.45) is 5.92 Å². The monoisotopic (exact) mass is 311 g/mol. The molecule has 0 spiro atoms. The van der Waals surface area contributed by atoms with Gasteiger partial charge in [0, 0.05) is 19.5 Å². The first-order chi connectivity index (χ1) is 9.88. The molecule has 3 rings (SSSR count). The van der Waals surface area contributed by atoms with Gasteiger partial charge in [-0.05, 0) is 37.1 Å². The summed E-state index contributed by atoms with van der Waals surface area (Å²) in [6, 6.07) is 4.85. The molecule has 1 aromatic rings. The molecule has 1 aromatic carbocycles. The number of carboxylic acids is 1. The van der Waals surface area contributed by atoms with Gasteiger partial charge in [0.2, 0.25) is 10.0 Å². The summed E-state index contributed by atoms with van der Waals surface area (Å²) in [6.07, 6.45) is 1.11. The molecule has 21 heavy (non-hydrogen) atoms. The third-order valence-electron chi connectivity index (χ3n) is 4.01. The van der Waals surface area contributed by atoms with Crippen LogP contribution in [0.1, 0.15) is 18.9 Å². The molecule has 0 bridgehead atoms. The van der Waals surface area contributed by atoms with E-state index in [1.807, 2.05) is 6.92 Å². The summed E-state index contributed by atoms with van der Waals surface area (Å²) in [5.74, 6) is -0.826. The summed E-state index contributed by atoms with van der Waals surface area (Å²) in [7, 11) is -3.63. The predicted octanol–water partition coefficient (Wildman–Crippen LogP) is 1.11. The van der Waals surface area contributed by atoms with Crippen LogP contribution in [0.25, 0.3) is 0 Å². The minimum absolute atomic E-state index is 0.0433. The molecule has 2 aliphatic heterocycles. The van der Waals surface area contributed by atoms with E-state index in [-0.39, 0.29) is 24.1 Å². The quantitative estimate of drug-likeness (QED) is 0.904. The van der Waals surface area contributed by atoms with Gasteiger partial charge in [0.1, 0.15) is 11.9 Å². The Bertz CT molecular complexity index is 685. The molecule has 0 amide bonds. The maximum atomic E-state index is 12.6. The van der Waals surface area contributed by atoms with E-state index >= 15 is 0 Å². The second kappa shape index (κ2) is 4.99. The van der Waals surface area contributed by atoms with E-state index in [2.05, 4.69) is 0 Å². The number of rotatable bonds is 3. The molecular weight excluding hydrogens is 294 g/mol. The van der Waals surface area contributed by atoms with Crippen LogP contribution in [-0.2, 0) is 21.2 Å². The Hall–Kier alpha value is -1.60. The van der Waals surface area contributed by atoms with E-state index < -0.39 is 21.9 Å². The van der Waals surface area contributed by atoms with Crippen molar-refractivity contribution in [3.63, 3.8) is 0 Å². The summed E-state index contributed by atoms with van der Waals surface area (Å²) in [5, 5.41) is 8.99. The zero-order chi connectivity index (χ0) is 15.2. The van der Waals surface area contributed by atoms with E-state index in [0.29, 0.717) is 12.8 Å². The van der Waals surface area contributed by atoms with Crippen molar-refractivity contribution in [1.82, 2.24) is 4.31 Å². The maximum Gasteiger partial charge on any atom is 0.307 e. The van der Waals surface area contributed by atoms with Crippen LogP contribution in [-0.4, -0.2) is 43.0 Å². The van der Waals surface area contributed by atoms with Crippen molar-refractivity contribution in [2.45, 2.75) is 30.8 Å². The highest BCUT2D eigenvalue weighted by atomic mass is 32.2. The fourth-order valence-corrected chi connectivity index (χ4v) is 4.41. The number of nitrogens with zero attached hydrogens (tertiary/aromatic N) is 1. The maximum absolute atomic E-state index is 12.6. The zero-order valence-electron chi connectivity index (χ0n) is 11.7. The van der Waals surface area contributed by atoms with Crippen molar-refractivity contribution in [1.29, 1.82) is 0 Å². The van der Waals surface area contributed by atoms with Gasteiger partial charge in [0.05, 0.1) is 10.8 Å². The molecule has 0 aromatic heterocycles. The van der Waals surface area contributed by atoms with E-state index in [1.165, 1.54) is 10.4 Å². The number of sulfonamides is 1. The summed E-state index contributed by atoms with van der Waals surface area (Å²) >= 11 is 0. The molecule has 1 saturated heterocycles. The number of ether oxygens (including phenoxy) is 1. The van der Waals surface area contributed by atoms with Crippen molar-refractivity contribution in [2.75, 3.05) is 13.1 Å². The Morgan fingerprint density at radius 3 is 2.86 bits per heavy atom. The number of hydrogen-bond acceptors (Lipinski definition) is 4. The van der Waals surface area contributed by atoms with Gasteiger partial charge in [0.25, 0.3) is 0 Å². The van der Waals surface area contributed by atoms with Gasteiger partial charge < -0.3 is 9.84 Å². The van der Waals surface area contributed by atoms with E-state index in [1.54, 1.807) is 12.1 Å². The van der Waals surface area contributed by atoms with Crippen LogP contribution in [0.3, 0.4) is 0 Å². The van der Waals surface area contributed by atoms with E-state index in [4.69, 9.17) is 9.84 Å². The van der Waals surface area contributed by atoms with Crippen LogP contribution in [0.15, 0.2) is 23.1 Å². The molecule has 2 heterocycles. The Labute approximate surface area is 123 Å². The minimum atomic E-state index is -3.63. The Kier molecular flexibility index (Phi) is 3.41. The second-order valence-electron chi connectivity index (χ2n) is 5.59. The number of fused-ring (bicyclic) bond motifs is 1. The number of carbonyl (C=O) groups is 1. The number of aliphatic carboxylic acids is 1. The third kappa shape index (κ3) is 2.51. The van der Waals surface area contributed by atoms with Gasteiger partial charge >= 0.3 is 5.97 Å². The molecule has 2 atom stereocenters. The van der Waals surface area contributed by atoms with Crippen LogP contribution in [0.4, 0.5) is 0 Å². The number of benzene rings is 1.